The van der Waals surface area contributed by atoms with Gasteiger partial charge in [-0.3, -0.25) is 4.79 Å². The molecule has 0 amide bonds. The fourth-order valence-electron chi connectivity index (χ4n) is 2.66. The van der Waals surface area contributed by atoms with Crippen LogP contribution in [0.3, 0.4) is 0 Å². The van der Waals surface area contributed by atoms with Gasteiger partial charge in [-0.15, -0.1) is 0 Å². The number of anilines is 2. The van der Waals surface area contributed by atoms with Crippen LogP contribution in [0, 0.1) is 0 Å². The summed E-state index contributed by atoms with van der Waals surface area (Å²) in [5.41, 5.74) is 8.41. The molecule has 0 radical (unpaired) electrons. The van der Waals surface area contributed by atoms with Gasteiger partial charge in [0, 0.05) is 37.0 Å². The molecule has 1 aromatic carbocycles. The molecule has 108 valence electrons. The van der Waals surface area contributed by atoms with Crippen LogP contribution in [0.2, 0.25) is 0 Å². The van der Waals surface area contributed by atoms with E-state index in [0.717, 1.165) is 18.7 Å². The normalized spacial score (nSPS) is 14.4. The van der Waals surface area contributed by atoms with Crippen molar-refractivity contribution in [2.75, 3.05) is 23.7 Å². The minimum Gasteiger partial charge on any atom is -0.384 e. The van der Waals surface area contributed by atoms with Gasteiger partial charge in [0.15, 0.2) is 5.78 Å². The minimum absolute atomic E-state index is 0.0661. The van der Waals surface area contributed by atoms with Gasteiger partial charge in [-0.25, -0.2) is 4.98 Å². The van der Waals surface area contributed by atoms with Crippen molar-refractivity contribution in [2.24, 2.45) is 0 Å². The topological polar surface area (TPSA) is 59.2 Å². The number of nitrogens with two attached hydrogens (primary N) is 1. The lowest BCUT2D eigenvalue weighted by Gasteiger charge is -2.17. The Morgan fingerprint density at radius 2 is 1.81 bits per heavy atom. The first-order valence-corrected chi connectivity index (χ1v) is 7.31. The first kappa shape index (κ1) is 13.6. The van der Waals surface area contributed by atoms with E-state index in [1.807, 2.05) is 12.1 Å². The Kier molecular flexibility index (Phi) is 3.86. The summed E-state index contributed by atoms with van der Waals surface area (Å²) in [4.78, 5) is 18.5. The third-order valence-electron chi connectivity index (χ3n) is 3.88. The van der Waals surface area contributed by atoms with Crippen LogP contribution in [0.25, 0.3) is 0 Å². The second kappa shape index (κ2) is 5.95. The Balaban J connectivity index is 1.67. The Hall–Kier alpha value is -2.36. The molecule has 1 aromatic heterocycles. The highest BCUT2D eigenvalue weighted by Gasteiger charge is 2.12. The van der Waals surface area contributed by atoms with E-state index >= 15 is 0 Å². The zero-order valence-corrected chi connectivity index (χ0v) is 12.0. The van der Waals surface area contributed by atoms with Gasteiger partial charge in [-0.1, -0.05) is 12.1 Å². The third-order valence-corrected chi connectivity index (χ3v) is 3.88. The van der Waals surface area contributed by atoms with E-state index in [1.165, 1.54) is 24.7 Å². The third kappa shape index (κ3) is 3.21. The number of ketones is 1. The molecule has 2 aromatic rings. The minimum atomic E-state index is 0.0661. The summed E-state index contributed by atoms with van der Waals surface area (Å²) in [7, 11) is 0. The number of aromatic nitrogens is 1. The van der Waals surface area contributed by atoms with Gasteiger partial charge in [0.1, 0.15) is 5.82 Å². The largest absolute Gasteiger partial charge is 0.384 e. The first-order chi connectivity index (χ1) is 10.2. The summed E-state index contributed by atoms with van der Waals surface area (Å²) < 4.78 is 0. The predicted molar refractivity (Wildman–Crippen MR) is 84.6 cm³/mol. The molecule has 0 atom stereocenters. The van der Waals surface area contributed by atoms with Crippen LogP contribution in [-0.4, -0.2) is 23.9 Å². The molecule has 0 unspecified atom stereocenters. The molecular formula is C17H19N3O. The second-order valence-electron chi connectivity index (χ2n) is 5.43. The molecule has 2 heterocycles. The molecule has 3 rings (SSSR count). The van der Waals surface area contributed by atoms with Crippen molar-refractivity contribution in [3.8, 4) is 0 Å². The van der Waals surface area contributed by atoms with E-state index in [2.05, 4.69) is 22.0 Å². The maximum absolute atomic E-state index is 12.2. The molecule has 1 aliphatic heterocycles. The average molecular weight is 281 g/mol. The van der Waals surface area contributed by atoms with Crippen molar-refractivity contribution in [3.05, 3.63) is 53.7 Å². The van der Waals surface area contributed by atoms with Crippen LogP contribution >= 0.6 is 0 Å². The highest BCUT2D eigenvalue weighted by molar-refractivity contribution is 5.97. The van der Waals surface area contributed by atoms with Gasteiger partial charge in [0.25, 0.3) is 0 Å². The zero-order chi connectivity index (χ0) is 14.7. The number of rotatable bonds is 4. The Morgan fingerprint density at radius 3 is 2.43 bits per heavy atom. The summed E-state index contributed by atoms with van der Waals surface area (Å²) >= 11 is 0. The van der Waals surface area contributed by atoms with Gasteiger partial charge in [0.05, 0.1) is 0 Å². The molecule has 4 heteroatoms. The monoisotopic (exact) mass is 281 g/mol. The molecule has 2 N–H and O–H groups in total. The van der Waals surface area contributed by atoms with Crippen LogP contribution < -0.4 is 10.6 Å². The number of hydrogen-bond donors (Lipinski definition) is 1. The lowest BCUT2D eigenvalue weighted by molar-refractivity contribution is 0.0992. The molecule has 0 bridgehead atoms. The molecule has 1 fully saturated rings. The number of carbonyl (C=O) groups is 1. The summed E-state index contributed by atoms with van der Waals surface area (Å²) in [6.45, 7) is 2.27. The lowest BCUT2D eigenvalue weighted by atomic mass is 10.0. The second-order valence-corrected chi connectivity index (χ2v) is 5.43. The van der Waals surface area contributed by atoms with Crippen LogP contribution in [0.5, 0.6) is 0 Å². The molecular weight excluding hydrogens is 262 g/mol. The molecule has 4 nitrogen and oxygen atoms in total. The maximum atomic E-state index is 12.2. The predicted octanol–water partition coefficient (Wildman–Crippen LogP) is 2.69. The number of Topliss-reactive ketones (excluding diaryl/α,β-unsaturated/α-hetero) is 1. The van der Waals surface area contributed by atoms with E-state index in [4.69, 9.17) is 5.73 Å². The maximum Gasteiger partial charge on any atom is 0.168 e. The number of nitrogen functional groups attached to an aromatic ring is 1. The summed E-state index contributed by atoms with van der Waals surface area (Å²) in [6.07, 6.45) is 4.47. The Bertz CT molecular complexity index is 613. The van der Waals surface area contributed by atoms with Crippen molar-refractivity contribution in [3.63, 3.8) is 0 Å². The van der Waals surface area contributed by atoms with Gasteiger partial charge < -0.3 is 10.6 Å². The first-order valence-electron chi connectivity index (χ1n) is 7.31. The van der Waals surface area contributed by atoms with Gasteiger partial charge in [-0.2, -0.15) is 0 Å². The van der Waals surface area contributed by atoms with Crippen LogP contribution in [-0.2, 0) is 6.42 Å². The highest BCUT2D eigenvalue weighted by atomic mass is 16.1. The average Bonchev–Trinajstić information content (AvgIpc) is 3.03. The zero-order valence-electron chi connectivity index (χ0n) is 12.0. The van der Waals surface area contributed by atoms with E-state index in [9.17, 15) is 4.79 Å². The standard InChI is InChI=1S/C17H19N3O/c18-17-8-5-14(12-19-17)16(21)11-13-3-6-15(7-4-13)20-9-1-2-10-20/h3-8,12H,1-2,9-11H2,(H2,18,19). The van der Waals surface area contributed by atoms with Crippen LogP contribution in [0.4, 0.5) is 11.5 Å². The number of carbonyl (C=O) groups excluding carboxylic acids is 1. The quantitative estimate of drug-likeness (QED) is 0.875. The van der Waals surface area contributed by atoms with Gasteiger partial charge in [-0.05, 0) is 42.7 Å². The van der Waals surface area contributed by atoms with Gasteiger partial charge in [0.2, 0.25) is 0 Å². The molecule has 0 saturated carbocycles. The molecule has 21 heavy (non-hydrogen) atoms. The van der Waals surface area contributed by atoms with Crippen molar-refractivity contribution < 1.29 is 4.79 Å². The molecule has 0 spiro atoms. The summed E-state index contributed by atoms with van der Waals surface area (Å²) in [6, 6.07) is 11.7. The molecule has 1 aliphatic rings. The van der Waals surface area contributed by atoms with Gasteiger partial charge >= 0.3 is 0 Å². The number of hydrogen-bond acceptors (Lipinski definition) is 4. The van der Waals surface area contributed by atoms with Crippen molar-refractivity contribution >= 4 is 17.3 Å². The molecule has 0 aliphatic carbocycles. The lowest BCUT2D eigenvalue weighted by Crippen LogP contribution is -2.17. The highest BCUT2D eigenvalue weighted by Crippen LogP contribution is 2.21. The smallest absolute Gasteiger partial charge is 0.168 e. The van der Waals surface area contributed by atoms with E-state index in [0.29, 0.717) is 17.8 Å². The fourth-order valence-corrected chi connectivity index (χ4v) is 2.66. The Labute approximate surface area is 124 Å². The summed E-state index contributed by atoms with van der Waals surface area (Å²) in [5.74, 6) is 0.498. The summed E-state index contributed by atoms with van der Waals surface area (Å²) in [5, 5.41) is 0. The number of benzene rings is 1. The van der Waals surface area contributed by atoms with Crippen LogP contribution in [0.1, 0.15) is 28.8 Å². The molecule has 1 saturated heterocycles. The van der Waals surface area contributed by atoms with Crippen LogP contribution in [0.15, 0.2) is 42.6 Å². The van der Waals surface area contributed by atoms with E-state index < -0.39 is 0 Å². The fraction of sp³-hybridized carbons (Fsp3) is 0.294. The SMILES string of the molecule is Nc1ccc(C(=O)Cc2ccc(N3CCCC3)cc2)cn1. The van der Waals surface area contributed by atoms with Crippen molar-refractivity contribution in [1.29, 1.82) is 0 Å². The Morgan fingerprint density at radius 1 is 1.10 bits per heavy atom. The number of nitrogens with zero attached hydrogens (tertiary/aromatic N) is 2. The van der Waals surface area contributed by atoms with Crippen molar-refractivity contribution in [2.45, 2.75) is 19.3 Å². The van der Waals surface area contributed by atoms with E-state index in [1.54, 1.807) is 12.1 Å². The van der Waals surface area contributed by atoms with Crippen molar-refractivity contribution in [1.82, 2.24) is 4.98 Å². The van der Waals surface area contributed by atoms with E-state index in [-0.39, 0.29) is 5.78 Å². The number of pyridine rings is 1.